The lowest BCUT2D eigenvalue weighted by Gasteiger charge is -2.29. The van der Waals surface area contributed by atoms with E-state index in [1.165, 1.54) is 25.7 Å². The largest absolute Gasteiger partial charge is 0.373 e. The minimum absolute atomic E-state index is 0.764. The van der Waals surface area contributed by atoms with Gasteiger partial charge in [0.05, 0.1) is 11.3 Å². The van der Waals surface area contributed by atoms with Gasteiger partial charge in [-0.05, 0) is 55.2 Å². The van der Waals surface area contributed by atoms with Crippen LogP contribution in [0.15, 0.2) is 22.7 Å². The molecular formula is C16H19BrN2. The van der Waals surface area contributed by atoms with Crippen molar-refractivity contribution >= 4 is 21.6 Å². The molecule has 0 radical (unpaired) electrons. The molecule has 0 heterocycles. The maximum atomic E-state index is 9.26. The average molecular weight is 319 g/mol. The molecule has 0 spiro atoms. The summed E-state index contributed by atoms with van der Waals surface area (Å²) in [6.07, 6.45) is 5.72. The second-order valence-corrected chi connectivity index (χ2v) is 7.00. The SMILES string of the molecule is CN(CC1CC2CCC1C2)c1ccc(Br)cc1C#N. The quantitative estimate of drug-likeness (QED) is 0.835. The van der Waals surface area contributed by atoms with Gasteiger partial charge in [0.25, 0.3) is 0 Å². The summed E-state index contributed by atoms with van der Waals surface area (Å²) in [4.78, 5) is 2.27. The summed E-state index contributed by atoms with van der Waals surface area (Å²) in [6.45, 7) is 1.09. The zero-order valence-electron chi connectivity index (χ0n) is 11.3. The lowest BCUT2D eigenvalue weighted by Crippen LogP contribution is -2.29. The molecule has 3 rings (SSSR count). The third-order valence-electron chi connectivity index (χ3n) is 4.88. The van der Waals surface area contributed by atoms with Crippen LogP contribution < -0.4 is 4.90 Å². The molecule has 1 aromatic carbocycles. The van der Waals surface area contributed by atoms with Crippen LogP contribution in [-0.4, -0.2) is 13.6 Å². The Morgan fingerprint density at radius 1 is 1.37 bits per heavy atom. The molecule has 3 unspecified atom stereocenters. The van der Waals surface area contributed by atoms with Crippen LogP contribution in [-0.2, 0) is 0 Å². The van der Waals surface area contributed by atoms with Gasteiger partial charge in [0.1, 0.15) is 6.07 Å². The van der Waals surface area contributed by atoms with Crippen molar-refractivity contribution in [2.45, 2.75) is 25.7 Å². The fraction of sp³-hybridized carbons (Fsp3) is 0.562. The summed E-state index contributed by atoms with van der Waals surface area (Å²) in [5.41, 5.74) is 1.83. The fourth-order valence-corrected chi connectivity index (χ4v) is 4.34. The number of fused-ring (bicyclic) bond motifs is 2. The molecular weight excluding hydrogens is 300 g/mol. The first-order chi connectivity index (χ1) is 9.17. The van der Waals surface area contributed by atoms with Crippen molar-refractivity contribution in [2.24, 2.45) is 17.8 Å². The number of anilines is 1. The van der Waals surface area contributed by atoms with Gasteiger partial charge in [-0.1, -0.05) is 22.4 Å². The molecule has 3 heteroatoms. The minimum atomic E-state index is 0.764. The maximum absolute atomic E-state index is 9.26. The van der Waals surface area contributed by atoms with Crippen molar-refractivity contribution in [2.75, 3.05) is 18.5 Å². The van der Waals surface area contributed by atoms with Crippen LogP contribution in [0.5, 0.6) is 0 Å². The molecule has 0 aromatic heterocycles. The molecule has 1 aromatic rings. The van der Waals surface area contributed by atoms with Crippen LogP contribution >= 0.6 is 15.9 Å². The van der Waals surface area contributed by atoms with E-state index in [1.807, 2.05) is 12.1 Å². The number of nitrogens with zero attached hydrogens (tertiary/aromatic N) is 2. The van der Waals surface area contributed by atoms with Gasteiger partial charge in [0, 0.05) is 18.1 Å². The van der Waals surface area contributed by atoms with Gasteiger partial charge in [-0.2, -0.15) is 5.26 Å². The number of hydrogen-bond acceptors (Lipinski definition) is 2. The maximum Gasteiger partial charge on any atom is 0.101 e. The van der Waals surface area contributed by atoms with E-state index in [9.17, 15) is 5.26 Å². The highest BCUT2D eigenvalue weighted by Gasteiger charge is 2.39. The lowest BCUT2D eigenvalue weighted by atomic mass is 9.88. The summed E-state index contributed by atoms with van der Waals surface area (Å²) in [6, 6.07) is 8.29. The third kappa shape index (κ3) is 2.51. The zero-order valence-corrected chi connectivity index (χ0v) is 12.9. The van der Waals surface area contributed by atoms with E-state index in [0.717, 1.165) is 40.0 Å². The second kappa shape index (κ2) is 5.17. The van der Waals surface area contributed by atoms with Crippen LogP contribution in [0.1, 0.15) is 31.2 Å². The molecule has 0 aliphatic heterocycles. The molecule has 2 nitrogen and oxygen atoms in total. The van der Waals surface area contributed by atoms with Gasteiger partial charge in [-0.3, -0.25) is 0 Å². The van der Waals surface area contributed by atoms with Crippen molar-refractivity contribution in [1.29, 1.82) is 5.26 Å². The lowest BCUT2D eigenvalue weighted by molar-refractivity contribution is 0.337. The summed E-state index contributed by atoms with van der Waals surface area (Å²) < 4.78 is 0.973. The van der Waals surface area contributed by atoms with Crippen molar-refractivity contribution < 1.29 is 0 Å². The van der Waals surface area contributed by atoms with E-state index < -0.39 is 0 Å². The first kappa shape index (κ1) is 13.0. The summed E-state index contributed by atoms with van der Waals surface area (Å²) in [7, 11) is 2.12. The smallest absolute Gasteiger partial charge is 0.101 e. The van der Waals surface area contributed by atoms with Gasteiger partial charge >= 0.3 is 0 Å². The van der Waals surface area contributed by atoms with E-state index in [2.05, 4.69) is 40.0 Å². The van der Waals surface area contributed by atoms with Gasteiger partial charge in [-0.25, -0.2) is 0 Å². The Balaban J connectivity index is 1.74. The minimum Gasteiger partial charge on any atom is -0.373 e. The van der Waals surface area contributed by atoms with Gasteiger partial charge in [0.15, 0.2) is 0 Å². The molecule has 2 fully saturated rings. The molecule has 2 saturated carbocycles. The Kier molecular flexibility index (Phi) is 3.54. The highest BCUT2D eigenvalue weighted by atomic mass is 79.9. The molecule has 100 valence electrons. The average Bonchev–Trinajstić information content (AvgIpc) is 3.00. The molecule has 0 amide bonds. The monoisotopic (exact) mass is 318 g/mol. The molecule has 2 bridgehead atoms. The standard InChI is InChI=1S/C16H19BrN2/c1-19(10-14-7-11-2-3-12(14)6-11)16-5-4-15(17)8-13(16)9-18/h4-5,8,11-12,14H,2-3,6-7,10H2,1H3. The number of benzene rings is 1. The van der Waals surface area contributed by atoms with Crippen LogP contribution in [0.3, 0.4) is 0 Å². The van der Waals surface area contributed by atoms with Crippen molar-refractivity contribution in [3.63, 3.8) is 0 Å². The predicted octanol–water partition coefficient (Wildman–Crippen LogP) is 4.19. The first-order valence-electron chi connectivity index (χ1n) is 7.08. The molecule has 3 atom stereocenters. The van der Waals surface area contributed by atoms with Crippen LogP contribution in [0, 0.1) is 29.1 Å². The number of rotatable bonds is 3. The third-order valence-corrected chi connectivity index (χ3v) is 5.38. The van der Waals surface area contributed by atoms with Crippen LogP contribution in [0.2, 0.25) is 0 Å². The highest BCUT2D eigenvalue weighted by Crippen LogP contribution is 2.48. The van der Waals surface area contributed by atoms with Crippen LogP contribution in [0.4, 0.5) is 5.69 Å². The van der Waals surface area contributed by atoms with Crippen molar-refractivity contribution in [1.82, 2.24) is 0 Å². The van der Waals surface area contributed by atoms with Gasteiger partial charge < -0.3 is 4.90 Å². The fourth-order valence-electron chi connectivity index (χ4n) is 3.98. The van der Waals surface area contributed by atoms with Crippen molar-refractivity contribution in [3.8, 4) is 6.07 Å². The normalized spacial score (nSPS) is 28.4. The number of hydrogen-bond donors (Lipinski definition) is 0. The van der Waals surface area contributed by atoms with Crippen LogP contribution in [0.25, 0.3) is 0 Å². The van der Waals surface area contributed by atoms with E-state index in [4.69, 9.17) is 0 Å². The summed E-state index contributed by atoms with van der Waals surface area (Å²) in [5.74, 6) is 2.76. The molecule has 2 aliphatic rings. The zero-order chi connectivity index (χ0) is 13.4. The van der Waals surface area contributed by atoms with Gasteiger partial charge in [-0.15, -0.1) is 0 Å². The number of halogens is 1. The van der Waals surface area contributed by atoms with E-state index in [0.29, 0.717) is 0 Å². The number of nitriles is 1. The second-order valence-electron chi connectivity index (χ2n) is 6.09. The predicted molar refractivity (Wildman–Crippen MR) is 81.1 cm³/mol. The van der Waals surface area contributed by atoms with E-state index in [1.54, 1.807) is 0 Å². The molecule has 0 N–H and O–H groups in total. The topological polar surface area (TPSA) is 27.0 Å². The van der Waals surface area contributed by atoms with Gasteiger partial charge in [0.2, 0.25) is 0 Å². The summed E-state index contributed by atoms with van der Waals surface area (Å²) >= 11 is 3.43. The Morgan fingerprint density at radius 2 is 2.21 bits per heavy atom. The van der Waals surface area contributed by atoms with E-state index >= 15 is 0 Å². The molecule has 2 aliphatic carbocycles. The Labute approximate surface area is 123 Å². The van der Waals surface area contributed by atoms with Crippen molar-refractivity contribution in [3.05, 3.63) is 28.2 Å². The molecule has 19 heavy (non-hydrogen) atoms. The first-order valence-corrected chi connectivity index (χ1v) is 7.87. The Hall–Kier alpha value is -1.01. The highest BCUT2D eigenvalue weighted by molar-refractivity contribution is 9.10. The van der Waals surface area contributed by atoms with E-state index in [-0.39, 0.29) is 0 Å². The Bertz CT molecular complexity index is 520. The Morgan fingerprint density at radius 3 is 2.84 bits per heavy atom. The molecule has 0 saturated heterocycles. The summed E-state index contributed by atoms with van der Waals surface area (Å²) in [5, 5.41) is 9.26.